The first-order valence-electron chi connectivity index (χ1n) is 5.20. The maximum atomic E-state index is 10.9. The molecule has 0 heterocycles. The van der Waals surface area contributed by atoms with Crippen LogP contribution in [0.5, 0.6) is 0 Å². The van der Waals surface area contributed by atoms with Crippen LogP contribution >= 0.6 is 0 Å². The summed E-state index contributed by atoms with van der Waals surface area (Å²) in [7, 11) is 0. The molecule has 0 aromatic heterocycles. The van der Waals surface area contributed by atoms with E-state index in [4.69, 9.17) is 0 Å². The van der Waals surface area contributed by atoms with Crippen LogP contribution in [0.4, 0.5) is 0 Å². The van der Waals surface area contributed by atoms with E-state index in [1.807, 2.05) is 56.3 Å². The summed E-state index contributed by atoms with van der Waals surface area (Å²) in [6.45, 7) is 7.72. The molecule has 0 unspecified atom stereocenters. The van der Waals surface area contributed by atoms with Gasteiger partial charge in [-0.3, -0.25) is 4.79 Å². The number of rotatable bonds is 4. The van der Waals surface area contributed by atoms with E-state index in [1.54, 1.807) is 0 Å². The van der Waals surface area contributed by atoms with Crippen LogP contribution in [0.25, 0.3) is 5.57 Å². The fourth-order valence-electron chi connectivity index (χ4n) is 1.41. The molecule has 0 aliphatic rings. The lowest BCUT2D eigenvalue weighted by Crippen LogP contribution is -1.88. The molecule has 0 aliphatic carbocycles. The number of hydrogen-bond acceptors (Lipinski definition) is 1. The summed E-state index contributed by atoms with van der Waals surface area (Å²) < 4.78 is 0. The molecule has 1 nitrogen and oxygen atoms in total. The maximum Gasteiger partial charge on any atom is 0.150 e. The molecule has 0 saturated heterocycles. The zero-order valence-corrected chi connectivity index (χ0v) is 9.73. The Morgan fingerprint density at radius 2 is 1.94 bits per heavy atom. The Labute approximate surface area is 96.8 Å². The Bertz CT molecular complexity index is 450. The highest BCUT2D eigenvalue weighted by molar-refractivity contribution is 5.85. The Kier molecular flexibility index (Phi) is 4.46. The Hall–Kier alpha value is -1.89. The van der Waals surface area contributed by atoms with E-state index in [9.17, 15) is 4.79 Å². The molecule has 0 spiro atoms. The predicted octanol–water partition coefficient (Wildman–Crippen LogP) is 4.03. The van der Waals surface area contributed by atoms with Crippen molar-refractivity contribution in [3.8, 4) is 0 Å². The highest BCUT2D eigenvalue weighted by atomic mass is 16.1. The average Bonchev–Trinajstić information content (AvgIpc) is 2.28. The highest BCUT2D eigenvalue weighted by Crippen LogP contribution is 2.17. The molecule has 0 fully saturated rings. The summed E-state index contributed by atoms with van der Waals surface area (Å²) in [6, 6.07) is 7.57. The van der Waals surface area contributed by atoms with E-state index in [1.165, 1.54) is 0 Å². The second-order valence-electron chi connectivity index (χ2n) is 3.76. The van der Waals surface area contributed by atoms with Crippen LogP contribution in [0, 0.1) is 0 Å². The van der Waals surface area contributed by atoms with Crippen molar-refractivity contribution in [1.82, 2.24) is 0 Å². The monoisotopic (exact) mass is 212 g/mol. The van der Waals surface area contributed by atoms with Gasteiger partial charge in [-0.05, 0) is 25.0 Å². The summed E-state index contributed by atoms with van der Waals surface area (Å²) in [6.07, 6.45) is 6.75. The molecule has 0 aliphatic heterocycles. The fourth-order valence-corrected chi connectivity index (χ4v) is 1.41. The molecule has 1 aromatic carbocycles. The van der Waals surface area contributed by atoms with Crippen molar-refractivity contribution >= 4 is 11.9 Å². The number of benzene rings is 1. The first-order chi connectivity index (χ1) is 7.65. The lowest BCUT2D eigenvalue weighted by Gasteiger charge is -2.03. The van der Waals surface area contributed by atoms with E-state index in [-0.39, 0.29) is 0 Å². The Morgan fingerprint density at radius 1 is 1.25 bits per heavy atom. The topological polar surface area (TPSA) is 17.1 Å². The summed E-state index contributed by atoms with van der Waals surface area (Å²) in [5.74, 6) is 0. The number of carbonyl (C=O) groups is 1. The average molecular weight is 212 g/mol. The predicted molar refractivity (Wildman–Crippen MR) is 69.4 cm³/mol. The van der Waals surface area contributed by atoms with Crippen molar-refractivity contribution in [1.29, 1.82) is 0 Å². The molecular weight excluding hydrogens is 196 g/mol. The van der Waals surface area contributed by atoms with Crippen LogP contribution < -0.4 is 0 Å². The zero-order chi connectivity index (χ0) is 12.0. The fraction of sp³-hybridized carbons (Fsp3) is 0.133. The number of aldehydes is 1. The minimum Gasteiger partial charge on any atom is -0.298 e. The molecule has 1 rings (SSSR count). The van der Waals surface area contributed by atoms with E-state index in [0.29, 0.717) is 0 Å². The van der Waals surface area contributed by atoms with Crippen LogP contribution in [0.15, 0.2) is 54.6 Å². The van der Waals surface area contributed by atoms with Crippen molar-refractivity contribution < 1.29 is 4.79 Å². The largest absolute Gasteiger partial charge is 0.298 e. The van der Waals surface area contributed by atoms with Gasteiger partial charge in [0.25, 0.3) is 0 Å². The zero-order valence-electron chi connectivity index (χ0n) is 9.73. The number of carbonyl (C=O) groups excluding carboxylic acids is 1. The van der Waals surface area contributed by atoms with Crippen LogP contribution in [-0.4, -0.2) is 6.29 Å². The van der Waals surface area contributed by atoms with Crippen LogP contribution in [0.1, 0.15) is 29.8 Å². The molecule has 16 heavy (non-hydrogen) atoms. The molecular formula is C15H16O. The van der Waals surface area contributed by atoms with Gasteiger partial charge in [0.05, 0.1) is 0 Å². The van der Waals surface area contributed by atoms with Gasteiger partial charge in [0.15, 0.2) is 6.29 Å². The summed E-state index contributed by atoms with van der Waals surface area (Å²) in [5, 5.41) is 0. The third-order valence-corrected chi connectivity index (χ3v) is 2.24. The van der Waals surface area contributed by atoms with E-state index < -0.39 is 0 Å². The van der Waals surface area contributed by atoms with Gasteiger partial charge < -0.3 is 0 Å². The molecule has 0 amide bonds. The van der Waals surface area contributed by atoms with E-state index >= 15 is 0 Å². The van der Waals surface area contributed by atoms with Crippen molar-refractivity contribution in [3.63, 3.8) is 0 Å². The molecule has 82 valence electrons. The van der Waals surface area contributed by atoms with Gasteiger partial charge in [0, 0.05) is 5.56 Å². The Balaban J connectivity index is 2.99. The molecule has 0 saturated carbocycles. The Morgan fingerprint density at radius 3 is 2.56 bits per heavy atom. The lowest BCUT2D eigenvalue weighted by molar-refractivity contribution is 0.112. The van der Waals surface area contributed by atoms with Crippen LogP contribution in [0.3, 0.4) is 0 Å². The standard InChI is InChI=1S/C15H16O/c1-12(2)7-6-8-13(3)15-10-5-4-9-14(15)11-16/h4-11H,1H2,2-3H3/b7-6+,13-8-. The summed E-state index contributed by atoms with van der Waals surface area (Å²) >= 11 is 0. The minimum atomic E-state index is 0.722. The SMILES string of the molecule is C=C(C)/C=C/C=C(/C)c1ccccc1C=O. The first-order valence-corrected chi connectivity index (χ1v) is 5.20. The number of hydrogen-bond donors (Lipinski definition) is 0. The van der Waals surface area contributed by atoms with Gasteiger partial charge >= 0.3 is 0 Å². The lowest BCUT2D eigenvalue weighted by atomic mass is 10.0. The number of allylic oxidation sites excluding steroid dienone is 5. The second kappa shape index (κ2) is 5.86. The third kappa shape index (κ3) is 3.35. The molecule has 1 heteroatoms. The van der Waals surface area contributed by atoms with Gasteiger partial charge in [-0.1, -0.05) is 54.6 Å². The molecule has 0 bridgehead atoms. The van der Waals surface area contributed by atoms with Gasteiger partial charge in [0.1, 0.15) is 0 Å². The van der Waals surface area contributed by atoms with Crippen LogP contribution in [-0.2, 0) is 0 Å². The quantitative estimate of drug-likeness (QED) is 0.544. The van der Waals surface area contributed by atoms with Gasteiger partial charge in [0.2, 0.25) is 0 Å². The minimum absolute atomic E-state index is 0.722. The van der Waals surface area contributed by atoms with Crippen molar-refractivity contribution in [2.45, 2.75) is 13.8 Å². The van der Waals surface area contributed by atoms with E-state index in [0.717, 1.165) is 28.6 Å². The molecule has 0 radical (unpaired) electrons. The smallest absolute Gasteiger partial charge is 0.150 e. The first kappa shape index (κ1) is 12.2. The normalized spacial score (nSPS) is 11.8. The second-order valence-corrected chi connectivity index (χ2v) is 3.76. The highest BCUT2D eigenvalue weighted by Gasteiger charge is 2.00. The van der Waals surface area contributed by atoms with E-state index in [2.05, 4.69) is 6.58 Å². The van der Waals surface area contributed by atoms with Crippen molar-refractivity contribution in [2.75, 3.05) is 0 Å². The van der Waals surface area contributed by atoms with Crippen LogP contribution in [0.2, 0.25) is 0 Å². The van der Waals surface area contributed by atoms with Gasteiger partial charge in [-0.25, -0.2) is 0 Å². The third-order valence-electron chi connectivity index (χ3n) is 2.24. The molecule has 0 N–H and O–H groups in total. The molecule has 1 aromatic rings. The molecule has 0 atom stereocenters. The van der Waals surface area contributed by atoms with Gasteiger partial charge in [-0.2, -0.15) is 0 Å². The van der Waals surface area contributed by atoms with Gasteiger partial charge in [-0.15, -0.1) is 0 Å². The van der Waals surface area contributed by atoms with Crippen molar-refractivity contribution in [3.05, 3.63) is 65.8 Å². The maximum absolute atomic E-state index is 10.9. The van der Waals surface area contributed by atoms with Crippen molar-refractivity contribution in [2.24, 2.45) is 0 Å². The summed E-state index contributed by atoms with van der Waals surface area (Å²) in [4.78, 5) is 10.9. The summed E-state index contributed by atoms with van der Waals surface area (Å²) in [5.41, 5.74) is 3.77.